The molecule has 0 spiro atoms. The van der Waals surface area contributed by atoms with Crippen LogP contribution in [0.4, 0.5) is 4.39 Å². The van der Waals surface area contributed by atoms with E-state index in [1.54, 1.807) is 6.07 Å². The van der Waals surface area contributed by atoms with Gasteiger partial charge in [0, 0.05) is 17.6 Å². The first-order valence-electron chi connectivity index (χ1n) is 8.15. The second-order valence-corrected chi connectivity index (χ2v) is 6.87. The highest BCUT2D eigenvalue weighted by Crippen LogP contribution is 2.34. The van der Waals surface area contributed by atoms with Crippen molar-refractivity contribution in [3.63, 3.8) is 0 Å². The third-order valence-corrected chi connectivity index (χ3v) is 4.75. The molecule has 1 amide bonds. The predicted molar refractivity (Wildman–Crippen MR) is 89.4 cm³/mol. The minimum absolute atomic E-state index is 0.0338. The summed E-state index contributed by atoms with van der Waals surface area (Å²) in [5.74, 6) is 0.576. The maximum atomic E-state index is 13.1. The van der Waals surface area contributed by atoms with Crippen LogP contribution in [-0.2, 0) is 11.2 Å². The smallest absolute Gasteiger partial charge is 0.227 e. The zero-order valence-electron chi connectivity index (χ0n) is 13.8. The molecule has 4 nitrogen and oxygen atoms in total. The van der Waals surface area contributed by atoms with Gasteiger partial charge in [0.15, 0.2) is 5.76 Å². The van der Waals surface area contributed by atoms with Crippen molar-refractivity contribution >= 4 is 17.5 Å². The first kappa shape index (κ1) is 17.0. The molecule has 1 aliphatic heterocycles. The van der Waals surface area contributed by atoms with E-state index in [0.29, 0.717) is 12.1 Å². The van der Waals surface area contributed by atoms with Gasteiger partial charge in [0.05, 0.1) is 18.2 Å². The van der Waals surface area contributed by atoms with E-state index < -0.39 is 5.82 Å². The van der Waals surface area contributed by atoms with Crippen molar-refractivity contribution < 1.29 is 13.7 Å². The van der Waals surface area contributed by atoms with Crippen LogP contribution in [0.25, 0.3) is 0 Å². The number of likely N-dealkylation sites (tertiary alicyclic amines) is 1. The molecule has 1 aromatic heterocycles. The molecule has 1 atom stereocenters. The van der Waals surface area contributed by atoms with Crippen molar-refractivity contribution in [2.24, 2.45) is 0 Å². The molecule has 0 saturated carbocycles. The van der Waals surface area contributed by atoms with Crippen LogP contribution < -0.4 is 0 Å². The molecule has 0 bridgehead atoms. The lowest BCUT2D eigenvalue weighted by Crippen LogP contribution is -2.31. The number of hydrogen-bond donors (Lipinski definition) is 0. The standard InChI is InChI=1S/C18H20ClFN2O2/c1-11(2)15-10-17(24-21-15)16-4-3-7-22(16)18(23)8-12-5-6-13(20)9-14(12)19/h5-6,9-11,16H,3-4,7-8H2,1-2H3/t16-/m0/s1. The molecule has 2 heterocycles. The van der Waals surface area contributed by atoms with Crippen LogP contribution >= 0.6 is 11.6 Å². The molecule has 2 aromatic rings. The molecule has 128 valence electrons. The van der Waals surface area contributed by atoms with E-state index in [2.05, 4.69) is 19.0 Å². The van der Waals surface area contributed by atoms with Crippen LogP contribution in [0.1, 0.15) is 55.7 Å². The molecule has 3 rings (SSSR count). The van der Waals surface area contributed by atoms with Crippen molar-refractivity contribution in [2.45, 2.75) is 45.1 Å². The SMILES string of the molecule is CC(C)c1cc([C@@H]2CCCN2C(=O)Cc2ccc(F)cc2Cl)on1. The Hall–Kier alpha value is -1.88. The van der Waals surface area contributed by atoms with Crippen LogP contribution in [0, 0.1) is 5.82 Å². The maximum Gasteiger partial charge on any atom is 0.227 e. The van der Waals surface area contributed by atoms with Crippen molar-refractivity contribution in [1.82, 2.24) is 10.1 Å². The maximum absolute atomic E-state index is 13.1. The fraction of sp³-hybridized carbons (Fsp3) is 0.444. The fourth-order valence-electron chi connectivity index (χ4n) is 3.02. The summed E-state index contributed by atoms with van der Waals surface area (Å²) < 4.78 is 18.6. The molecule has 24 heavy (non-hydrogen) atoms. The summed E-state index contributed by atoms with van der Waals surface area (Å²) in [6, 6.07) is 5.97. The number of rotatable bonds is 4. The minimum Gasteiger partial charge on any atom is -0.359 e. The van der Waals surface area contributed by atoms with Crippen LogP contribution in [0.15, 0.2) is 28.8 Å². The van der Waals surface area contributed by atoms with Crippen LogP contribution in [-0.4, -0.2) is 22.5 Å². The van der Waals surface area contributed by atoms with Gasteiger partial charge < -0.3 is 9.42 Å². The summed E-state index contributed by atoms with van der Waals surface area (Å²) in [7, 11) is 0. The Balaban J connectivity index is 1.75. The Morgan fingerprint density at radius 1 is 1.46 bits per heavy atom. The normalized spacial score (nSPS) is 17.7. The van der Waals surface area contributed by atoms with Crippen LogP contribution in [0.5, 0.6) is 0 Å². The van der Waals surface area contributed by atoms with Gasteiger partial charge in [-0.1, -0.05) is 36.7 Å². The minimum atomic E-state index is -0.405. The van der Waals surface area contributed by atoms with E-state index in [1.165, 1.54) is 12.1 Å². The molecule has 1 aliphatic rings. The van der Waals surface area contributed by atoms with Gasteiger partial charge in [-0.15, -0.1) is 0 Å². The second-order valence-electron chi connectivity index (χ2n) is 6.47. The van der Waals surface area contributed by atoms with E-state index in [0.717, 1.165) is 24.3 Å². The number of nitrogens with zero attached hydrogens (tertiary/aromatic N) is 2. The summed E-state index contributed by atoms with van der Waals surface area (Å²) in [6.45, 7) is 4.78. The Bertz CT molecular complexity index is 744. The van der Waals surface area contributed by atoms with Crippen molar-refractivity contribution in [3.8, 4) is 0 Å². The molecule has 1 fully saturated rings. The van der Waals surface area contributed by atoms with Crippen LogP contribution in [0.2, 0.25) is 5.02 Å². The van der Waals surface area contributed by atoms with E-state index in [9.17, 15) is 9.18 Å². The summed E-state index contributed by atoms with van der Waals surface area (Å²) >= 11 is 6.03. The Morgan fingerprint density at radius 3 is 2.92 bits per heavy atom. The number of hydrogen-bond acceptors (Lipinski definition) is 3. The molecule has 0 aliphatic carbocycles. The van der Waals surface area contributed by atoms with Crippen molar-refractivity contribution in [2.75, 3.05) is 6.54 Å². The largest absolute Gasteiger partial charge is 0.359 e. The third kappa shape index (κ3) is 3.46. The topological polar surface area (TPSA) is 46.3 Å². The van der Waals surface area contributed by atoms with E-state index in [-0.39, 0.29) is 29.3 Å². The molecular formula is C18H20ClFN2O2. The van der Waals surface area contributed by atoms with Gasteiger partial charge in [-0.2, -0.15) is 0 Å². The van der Waals surface area contributed by atoms with Gasteiger partial charge in [0.1, 0.15) is 5.82 Å². The highest BCUT2D eigenvalue weighted by Gasteiger charge is 2.33. The van der Waals surface area contributed by atoms with Gasteiger partial charge in [0.25, 0.3) is 0 Å². The van der Waals surface area contributed by atoms with Gasteiger partial charge in [0.2, 0.25) is 5.91 Å². The molecule has 0 unspecified atom stereocenters. The lowest BCUT2D eigenvalue weighted by molar-refractivity contribution is -0.131. The molecular weight excluding hydrogens is 331 g/mol. The Labute approximate surface area is 145 Å². The van der Waals surface area contributed by atoms with Gasteiger partial charge in [-0.25, -0.2) is 4.39 Å². The van der Waals surface area contributed by atoms with E-state index in [1.807, 2.05) is 11.0 Å². The molecule has 0 N–H and O–H groups in total. The molecule has 6 heteroatoms. The summed E-state index contributed by atoms with van der Waals surface area (Å²) in [6.07, 6.45) is 1.93. The lowest BCUT2D eigenvalue weighted by Gasteiger charge is -2.23. The second kappa shape index (κ2) is 6.93. The summed E-state index contributed by atoms with van der Waals surface area (Å²) in [5.41, 5.74) is 1.53. The number of carbonyl (C=O) groups excluding carboxylic acids is 1. The van der Waals surface area contributed by atoms with Crippen LogP contribution in [0.3, 0.4) is 0 Å². The van der Waals surface area contributed by atoms with Gasteiger partial charge in [-0.3, -0.25) is 4.79 Å². The first-order valence-corrected chi connectivity index (χ1v) is 8.53. The van der Waals surface area contributed by atoms with Gasteiger partial charge >= 0.3 is 0 Å². The van der Waals surface area contributed by atoms with Crippen molar-refractivity contribution in [1.29, 1.82) is 0 Å². The highest BCUT2D eigenvalue weighted by molar-refractivity contribution is 6.31. The summed E-state index contributed by atoms with van der Waals surface area (Å²) in [5, 5.41) is 4.36. The first-order chi connectivity index (χ1) is 11.5. The average molecular weight is 351 g/mol. The molecule has 1 saturated heterocycles. The van der Waals surface area contributed by atoms with Gasteiger partial charge in [-0.05, 0) is 36.5 Å². The Morgan fingerprint density at radius 2 is 2.25 bits per heavy atom. The number of carbonyl (C=O) groups is 1. The molecule has 0 radical (unpaired) electrons. The van der Waals surface area contributed by atoms with E-state index >= 15 is 0 Å². The van der Waals surface area contributed by atoms with Crippen molar-refractivity contribution in [3.05, 3.63) is 52.1 Å². The van der Waals surface area contributed by atoms with E-state index in [4.69, 9.17) is 16.1 Å². The quantitative estimate of drug-likeness (QED) is 0.815. The zero-order valence-corrected chi connectivity index (χ0v) is 14.5. The lowest BCUT2D eigenvalue weighted by atomic mass is 10.1. The Kier molecular flexibility index (Phi) is 4.90. The number of aromatic nitrogens is 1. The summed E-state index contributed by atoms with van der Waals surface area (Å²) in [4.78, 5) is 14.5. The fourth-order valence-corrected chi connectivity index (χ4v) is 3.26. The number of halogens is 2. The third-order valence-electron chi connectivity index (χ3n) is 4.40. The monoisotopic (exact) mass is 350 g/mol. The average Bonchev–Trinajstić information content (AvgIpc) is 3.17. The molecule has 1 aromatic carbocycles. The predicted octanol–water partition coefficient (Wildman–Crippen LogP) is 4.50. The zero-order chi connectivity index (χ0) is 17.3. The number of benzene rings is 1. The number of amides is 1. The highest BCUT2D eigenvalue weighted by atomic mass is 35.5.